The third-order valence-electron chi connectivity index (χ3n) is 5.25. The van der Waals surface area contributed by atoms with E-state index in [0.29, 0.717) is 10.4 Å². The molecule has 5 nitrogen and oxygen atoms in total. The Morgan fingerprint density at radius 2 is 1.79 bits per heavy atom. The SMILES string of the molecule is O=C(NCC(F)(F)F)c1cc2c(s1)CN(C1=NOC(c3cc(Cl)c(F)c(Cl)c3)(C(F)(F)F)C1)C2. The summed E-state index contributed by atoms with van der Waals surface area (Å²) in [5.74, 6) is -2.02. The van der Waals surface area contributed by atoms with Gasteiger partial charge in [0, 0.05) is 17.0 Å². The number of rotatable bonds is 3. The second-order valence-electron chi connectivity index (χ2n) is 7.57. The van der Waals surface area contributed by atoms with Gasteiger partial charge in [0.25, 0.3) is 11.5 Å². The van der Waals surface area contributed by atoms with Gasteiger partial charge in [0.1, 0.15) is 12.4 Å². The Kier molecular flexibility index (Phi) is 6.18. The van der Waals surface area contributed by atoms with Crippen molar-refractivity contribution in [3.05, 3.63) is 54.9 Å². The van der Waals surface area contributed by atoms with Gasteiger partial charge >= 0.3 is 12.4 Å². The van der Waals surface area contributed by atoms with Crippen molar-refractivity contribution in [1.82, 2.24) is 10.2 Å². The molecular formula is C19H12Cl2F7N3O2S. The average Bonchev–Trinajstić information content (AvgIpc) is 3.41. The minimum absolute atomic E-state index is 0.0544. The summed E-state index contributed by atoms with van der Waals surface area (Å²) in [7, 11) is 0. The minimum atomic E-state index is -4.96. The lowest BCUT2D eigenvalue weighted by Crippen LogP contribution is -2.44. The van der Waals surface area contributed by atoms with E-state index in [4.69, 9.17) is 28.0 Å². The molecule has 184 valence electrons. The number of carbonyl (C=O) groups is 1. The first-order valence-corrected chi connectivity index (χ1v) is 11.0. The molecule has 0 radical (unpaired) electrons. The molecule has 0 spiro atoms. The van der Waals surface area contributed by atoms with E-state index in [1.54, 1.807) is 5.32 Å². The molecule has 1 N–H and O–H groups in total. The number of hydrogen-bond donors (Lipinski definition) is 1. The Bertz CT molecular complexity index is 1140. The van der Waals surface area contributed by atoms with Crippen molar-refractivity contribution in [2.75, 3.05) is 6.54 Å². The molecule has 34 heavy (non-hydrogen) atoms. The van der Waals surface area contributed by atoms with Crippen LogP contribution < -0.4 is 5.32 Å². The highest BCUT2D eigenvalue weighted by Crippen LogP contribution is 2.50. The number of oxime groups is 1. The summed E-state index contributed by atoms with van der Waals surface area (Å²) in [6, 6.07) is 2.95. The molecule has 1 amide bonds. The molecule has 1 unspecified atom stereocenters. The monoisotopic (exact) mass is 549 g/mol. The maximum absolute atomic E-state index is 14.1. The predicted octanol–water partition coefficient (Wildman–Crippen LogP) is 5.99. The molecule has 2 aliphatic heterocycles. The summed E-state index contributed by atoms with van der Waals surface area (Å²) in [6.45, 7) is -1.33. The molecule has 1 aromatic carbocycles. The maximum atomic E-state index is 14.1. The van der Waals surface area contributed by atoms with Crippen molar-refractivity contribution >= 4 is 46.3 Å². The maximum Gasteiger partial charge on any atom is 0.435 e. The van der Waals surface area contributed by atoms with E-state index in [-0.39, 0.29) is 23.8 Å². The van der Waals surface area contributed by atoms with E-state index in [1.165, 1.54) is 11.0 Å². The fourth-order valence-corrected chi connectivity index (χ4v) is 5.17. The number of hydrogen-bond acceptors (Lipinski definition) is 5. The van der Waals surface area contributed by atoms with Crippen molar-refractivity contribution < 1.29 is 40.4 Å². The zero-order valence-corrected chi connectivity index (χ0v) is 18.9. The number of benzene rings is 1. The molecule has 0 saturated carbocycles. The van der Waals surface area contributed by atoms with Crippen molar-refractivity contribution in [2.45, 2.75) is 37.5 Å². The van der Waals surface area contributed by atoms with Crippen LogP contribution >= 0.6 is 34.5 Å². The van der Waals surface area contributed by atoms with E-state index in [2.05, 4.69) is 5.16 Å². The number of nitrogens with zero attached hydrogens (tertiary/aromatic N) is 2. The van der Waals surface area contributed by atoms with E-state index in [0.717, 1.165) is 23.5 Å². The van der Waals surface area contributed by atoms with Gasteiger partial charge in [-0.3, -0.25) is 4.79 Å². The number of halogens is 9. The molecule has 1 atom stereocenters. The standard InChI is InChI=1S/C19H12Cl2F7N3O2S/c20-10-2-9(3-11(21)15(10)22)17(19(26,27)28)4-14(30-33-17)31-5-8-1-12(34-13(8)6-31)16(32)29-7-18(23,24)25/h1-3H,4-7H2,(H,29,32). The van der Waals surface area contributed by atoms with Crippen LogP contribution in [-0.2, 0) is 23.5 Å². The lowest BCUT2D eigenvalue weighted by molar-refractivity contribution is -0.275. The summed E-state index contributed by atoms with van der Waals surface area (Å²) >= 11 is 12.3. The number of fused-ring (bicyclic) bond motifs is 1. The molecule has 3 heterocycles. The molecule has 0 fully saturated rings. The Hall–Kier alpha value is -2.25. The summed E-state index contributed by atoms with van der Waals surface area (Å²) in [6.07, 6.45) is -10.3. The quantitative estimate of drug-likeness (QED) is 0.378. The number of amidine groups is 1. The normalized spacial score (nSPS) is 20.3. The average molecular weight is 550 g/mol. The van der Waals surface area contributed by atoms with Crippen LogP contribution in [-0.4, -0.2) is 35.5 Å². The Labute approximate surface area is 201 Å². The van der Waals surface area contributed by atoms with Gasteiger partial charge in [0.05, 0.1) is 27.9 Å². The van der Waals surface area contributed by atoms with Crippen molar-refractivity contribution in [3.8, 4) is 0 Å². The Morgan fingerprint density at radius 3 is 2.35 bits per heavy atom. The number of carbonyl (C=O) groups excluding carboxylic acids is 1. The van der Waals surface area contributed by atoms with Crippen LogP contribution in [0.15, 0.2) is 23.4 Å². The molecule has 2 aromatic rings. The Morgan fingerprint density at radius 1 is 1.15 bits per heavy atom. The third kappa shape index (κ3) is 4.52. The second-order valence-corrected chi connectivity index (χ2v) is 9.52. The first-order chi connectivity index (χ1) is 15.7. The van der Waals surface area contributed by atoms with Crippen molar-refractivity contribution in [3.63, 3.8) is 0 Å². The van der Waals surface area contributed by atoms with Crippen LogP contribution in [0.5, 0.6) is 0 Å². The first kappa shape index (κ1) is 24.9. The smallest absolute Gasteiger partial charge is 0.372 e. The molecule has 0 saturated heterocycles. The Balaban J connectivity index is 1.51. The molecule has 1 aromatic heterocycles. The predicted molar refractivity (Wildman–Crippen MR) is 109 cm³/mol. The zero-order chi connectivity index (χ0) is 25.1. The van der Waals surface area contributed by atoms with Gasteiger partial charge in [-0.25, -0.2) is 4.39 Å². The van der Waals surface area contributed by atoms with Crippen LogP contribution in [0.1, 0.15) is 32.1 Å². The molecule has 15 heteroatoms. The van der Waals surface area contributed by atoms with Gasteiger partial charge in [0.2, 0.25) is 0 Å². The number of amides is 1. The molecule has 4 rings (SSSR count). The highest BCUT2D eigenvalue weighted by atomic mass is 35.5. The topological polar surface area (TPSA) is 53.9 Å². The van der Waals surface area contributed by atoms with E-state index < -0.39 is 58.3 Å². The summed E-state index contributed by atoms with van der Waals surface area (Å²) < 4.78 is 93.0. The van der Waals surface area contributed by atoms with Crippen LogP contribution in [0.3, 0.4) is 0 Å². The number of nitrogens with one attached hydrogen (secondary N) is 1. The van der Waals surface area contributed by atoms with E-state index in [1.807, 2.05) is 0 Å². The van der Waals surface area contributed by atoms with Gasteiger partial charge in [-0.05, 0) is 23.8 Å². The van der Waals surface area contributed by atoms with E-state index in [9.17, 15) is 35.5 Å². The fourth-order valence-electron chi connectivity index (χ4n) is 3.58. The van der Waals surface area contributed by atoms with Crippen LogP contribution in [0.2, 0.25) is 10.0 Å². The highest BCUT2D eigenvalue weighted by molar-refractivity contribution is 7.14. The number of alkyl halides is 6. The minimum Gasteiger partial charge on any atom is -0.372 e. The molecule has 2 aliphatic rings. The summed E-state index contributed by atoms with van der Waals surface area (Å²) in [5.41, 5.74) is -2.89. The lowest BCUT2D eigenvalue weighted by atomic mass is 9.89. The van der Waals surface area contributed by atoms with Crippen LogP contribution in [0.4, 0.5) is 30.7 Å². The first-order valence-electron chi connectivity index (χ1n) is 9.38. The van der Waals surface area contributed by atoms with Gasteiger partial charge in [-0.1, -0.05) is 28.4 Å². The zero-order valence-electron chi connectivity index (χ0n) is 16.6. The van der Waals surface area contributed by atoms with Crippen LogP contribution in [0, 0.1) is 5.82 Å². The van der Waals surface area contributed by atoms with Crippen molar-refractivity contribution in [2.24, 2.45) is 5.16 Å². The largest absolute Gasteiger partial charge is 0.435 e. The van der Waals surface area contributed by atoms with Gasteiger partial charge in [-0.2, -0.15) is 26.3 Å². The molecule has 0 bridgehead atoms. The highest BCUT2D eigenvalue weighted by Gasteiger charge is 2.63. The second kappa shape index (κ2) is 8.45. The lowest BCUT2D eigenvalue weighted by Gasteiger charge is -2.30. The van der Waals surface area contributed by atoms with Crippen LogP contribution in [0.25, 0.3) is 0 Å². The third-order valence-corrected chi connectivity index (χ3v) is 6.96. The number of thiophene rings is 1. The van der Waals surface area contributed by atoms with Crippen molar-refractivity contribution in [1.29, 1.82) is 0 Å². The summed E-state index contributed by atoms with van der Waals surface area (Å²) in [4.78, 5) is 19.0. The van der Waals surface area contributed by atoms with Gasteiger partial charge in [-0.15, -0.1) is 11.3 Å². The molecular weight excluding hydrogens is 538 g/mol. The van der Waals surface area contributed by atoms with E-state index >= 15 is 0 Å². The van der Waals surface area contributed by atoms with Gasteiger partial charge < -0.3 is 15.1 Å². The summed E-state index contributed by atoms with van der Waals surface area (Å²) in [5, 5.41) is 4.17. The van der Waals surface area contributed by atoms with Gasteiger partial charge in [0.15, 0.2) is 5.82 Å². The molecule has 0 aliphatic carbocycles. The fraction of sp³-hybridized carbons (Fsp3) is 0.368.